The number of ether oxygens (including phenoxy) is 2. The molecule has 3 nitrogen and oxygen atoms in total. The van der Waals surface area contributed by atoms with E-state index in [2.05, 4.69) is 30.3 Å². The van der Waals surface area contributed by atoms with Gasteiger partial charge in [0.25, 0.3) is 0 Å². The lowest BCUT2D eigenvalue weighted by atomic mass is 9.83. The highest BCUT2D eigenvalue weighted by atomic mass is 32.2. The normalized spacial score (nSPS) is 27.5. The van der Waals surface area contributed by atoms with Crippen molar-refractivity contribution in [2.45, 2.75) is 67.3 Å². The number of hydrogen-bond acceptors (Lipinski definition) is 4. The summed E-state index contributed by atoms with van der Waals surface area (Å²) in [6.07, 6.45) is 7.15. The molecule has 0 radical (unpaired) electrons. The maximum Gasteiger partial charge on any atom is 0.302 e. The van der Waals surface area contributed by atoms with Gasteiger partial charge in [0, 0.05) is 23.0 Å². The second kappa shape index (κ2) is 7.05. The van der Waals surface area contributed by atoms with Gasteiger partial charge < -0.3 is 9.47 Å². The van der Waals surface area contributed by atoms with Gasteiger partial charge in [0.2, 0.25) is 0 Å². The third kappa shape index (κ3) is 3.66. The molecule has 0 N–H and O–H groups in total. The number of hydrogen-bond donors (Lipinski definition) is 0. The van der Waals surface area contributed by atoms with Gasteiger partial charge in [-0.2, -0.15) is 0 Å². The predicted molar refractivity (Wildman–Crippen MR) is 88.0 cm³/mol. The quantitative estimate of drug-likeness (QED) is 0.779. The minimum Gasteiger partial charge on any atom is -0.460 e. The van der Waals surface area contributed by atoms with Crippen LogP contribution >= 0.6 is 11.8 Å². The first-order valence-electron chi connectivity index (χ1n) is 8.21. The lowest BCUT2D eigenvalue weighted by molar-refractivity contribution is -0.146. The Bertz CT molecular complexity index is 496. The summed E-state index contributed by atoms with van der Waals surface area (Å²) in [5.74, 6) is -0.206. The highest BCUT2D eigenvalue weighted by Gasteiger charge is 2.46. The molecule has 1 saturated heterocycles. The van der Waals surface area contributed by atoms with Crippen molar-refractivity contribution >= 4 is 17.7 Å². The smallest absolute Gasteiger partial charge is 0.302 e. The lowest BCUT2D eigenvalue weighted by Gasteiger charge is -2.41. The van der Waals surface area contributed by atoms with Crippen LogP contribution < -0.4 is 0 Å². The summed E-state index contributed by atoms with van der Waals surface area (Å²) in [6.45, 7) is 2.02. The van der Waals surface area contributed by atoms with Crippen molar-refractivity contribution in [2.24, 2.45) is 0 Å². The van der Waals surface area contributed by atoms with E-state index in [1.165, 1.54) is 43.9 Å². The van der Waals surface area contributed by atoms with Crippen molar-refractivity contribution in [3.8, 4) is 0 Å². The Morgan fingerprint density at radius 3 is 2.64 bits per heavy atom. The maximum atomic E-state index is 11.2. The molecule has 22 heavy (non-hydrogen) atoms. The summed E-state index contributed by atoms with van der Waals surface area (Å²) in [6, 6.07) is 10.6. The van der Waals surface area contributed by atoms with Gasteiger partial charge in [-0.1, -0.05) is 37.5 Å². The average molecular weight is 320 g/mol. The molecule has 2 aliphatic rings. The van der Waals surface area contributed by atoms with E-state index < -0.39 is 0 Å². The summed E-state index contributed by atoms with van der Waals surface area (Å²) in [4.78, 5) is 12.5. The highest BCUT2D eigenvalue weighted by Crippen LogP contribution is 2.49. The molecule has 1 heterocycles. The molecular weight excluding hydrogens is 296 g/mol. The number of thioether (sulfide) groups is 1. The Morgan fingerprint density at radius 1 is 1.23 bits per heavy atom. The van der Waals surface area contributed by atoms with Crippen LogP contribution in [0.4, 0.5) is 0 Å². The molecular formula is C18H24O3S. The molecule has 1 aromatic rings. The van der Waals surface area contributed by atoms with Crippen LogP contribution in [0.15, 0.2) is 35.2 Å². The summed E-state index contributed by atoms with van der Waals surface area (Å²) in [5, 5.41) is 0. The molecule has 0 aromatic heterocycles. The van der Waals surface area contributed by atoms with Crippen LogP contribution in [0, 0.1) is 0 Å². The van der Waals surface area contributed by atoms with E-state index in [9.17, 15) is 4.79 Å². The van der Waals surface area contributed by atoms with Gasteiger partial charge in [0.05, 0.1) is 12.7 Å². The minimum atomic E-state index is -0.206. The van der Waals surface area contributed by atoms with Crippen molar-refractivity contribution in [3.05, 3.63) is 30.3 Å². The van der Waals surface area contributed by atoms with Gasteiger partial charge in [-0.05, 0) is 25.0 Å². The Balaban J connectivity index is 1.73. The first-order valence-corrected chi connectivity index (χ1v) is 9.02. The SMILES string of the molecule is CC(=O)O[C@H]1CO[C@@H](C2(Sc3ccccc3)CCCCC2)C1. The van der Waals surface area contributed by atoms with Crippen LogP contribution in [0.3, 0.4) is 0 Å². The van der Waals surface area contributed by atoms with E-state index in [1.807, 2.05) is 11.8 Å². The van der Waals surface area contributed by atoms with E-state index >= 15 is 0 Å². The van der Waals surface area contributed by atoms with Crippen molar-refractivity contribution < 1.29 is 14.3 Å². The Hall–Kier alpha value is -1.00. The molecule has 2 atom stereocenters. The van der Waals surface area contributed by atoms with Crippen LogP contribution in [0.25, 0.3) is 0 Å². The van der Waals surface area contributed by atoms with Crippen molar-refractivity contribution in [1.29, 1.82) is 0 Å². The third-order valence-corrected chi connectivity index (χ3v) is 6.23. The van der Waals surface area contributed by atoms with Crippen LogP contribution in [0.1, 0.15) is 45.4 Å². The fourth-order valence-corrected chi connectivity index (χ4v) is 5.20. The molecule has 0 amide bonds. The Kier molecular flexibility index (Phi) is 5.09. The fourth-order valence-electron chi connectivity index (χ4n) is 3.65. The van der Waals surface area contributed by atoms with E-state index in [0.29, 0.717) is 6.61 Å². The van der Waals surface area contributed by atoms with E-state index in [-0.39, 0.29) is 22.9 Å². The third-order valence-electron chi connectivity index (χ3n) is 4.64. The molecule has 3 rings (SSSR count). The van der Waals surface area contributed by atoms with Gasteiger partial charge in [-0.25, -0.2) is 0 Å². The van der Waals surface area contributed by atoms with Gasteiger partial charge in [0.15, 0.2) is 0 Å². The highest BCUT2D eigenvalue weighted by molar-refractivity contribution is 8.00. The first-order chi connectivity index (χ1) is 10.7. The van der Waals surface area contributed by atoms with Crippen molar-refractivity contribution in [3.63, 3.8) is 0 Å². The molecule has 120 valence electrons. The summed E-state index contributed by atoms with van der Waals surface area (Å²) < 4.78 is 11.6. The Morgan fingerprint density at radius 2 is 1.95 bits per heavy atom. The number of benzene rings is 1. The molecule has 0 spiro atoms. The average Bonchev–Trinajstić information content (AvgIpc) is 2.97. The fraction of sp³-hybridized carbons (Fsp3) is 0.611. The van der Waals surface area contributed by atoms with Crippen LogP contribution in [0.5, 0.6) is 0 Å². The van der Waals surface area contributed by atoms with E-state index in [0.717, 1.165) is 6.42 Å². The molecule has 2 fully saturated rings. The standard InChI is InChI=1S/C18H24O3S/c1-14(19)21-15-12-17(20-13-15)18(10-6-3-7-11-18)22-16-8-4-2-5-9-16/h2,4-5,8-9,15,17H,3,6-7,10-13H2,1H3/t15-,17-/m1/s1. The monoisotopic (exact) mass is 320 g/mol. The van der Waals surface area contributed by atoms with Crippen LogP contribution in [-0.2, 0) is 14.3 Å². The minimum absolute atomic E-state index is 0.0716. The number of rotatable bonds is 4. The summed E-state index contributed by atoms with van der Waals surface area (Å²) in [5.41, 5.74) is 0. The second-order valence-corrected chi connectivity index (χ2v) is 7.82. The zero-order valence-electron chi connectivity index (χ0n) is 13.1. The summed E-state index contributed by atoms with van der Waals surface area (Å²) in [7, 11) is 0. The van der Waals surface area contributed by atoms with Gasteiger partial charge in [0.1, 0.15) is 6.10 Å². The van der Waals surface area contributed by atoms with E-state index in [1.54, 1.807) is 0 Å². The predicted octanol–water partition coefficient (Wildman–Crippen LogP) is 4.20. The molecule has 0 unspecified atom stereocenters. The van der Waals surface area contributed by atoms with Gasteiger partial charge in [-0.3, -0.25) is 4.79 Å². The van der Waals surface area contributed by atoms with Crippen LogP contribution in [0.2, 0.25) is 0 Å². The second-order valence-electron chi connectivity index (χ2n) is 6.33. The van der Waals surface area contributed by atoms with E-state index in [4.69, 9.17) is 9.47 Å². The topological polar surface area (TPSA) is 35.5 Å². The molecule has 4 heteroatoms. The number of esters is 1. The Labute approximate surface area is 136 Å². The molecule has 0 bridgehead atoms. The molecule has 1 saturated carbocycles. The first kappa shape index (κ1) is 15.9. The molecule has 1 aliphatic carbocycles. The molecule has 1 aliphatic heterocycles. The van der Waals surface area contributed by atoms with Gasteiger partial charge >= 0.3 is 5.97 Å². The lowest BCUT2D eigenvalue weighted by Crippen LogP contribution is -2.41. The molecule has 1 aromatic carbocycles. The van der Waals surface area contributed by atoms with Crippen molar-refractivity contribution in [1.82, 2.24) is 0 Å². The number of carbonyl (C=O) groups is 1. The largest absolute Gasteiger partial charge is 0.460 e. The number of carbonyl (C=O) groups excluding carboxylic acids is 1. The zero-order valence-corrected chi connectivity index (χ0v) is 13.9. The van der Waals surface area contributed by atoms with Gasteiger partial charge in [-0.15, -0.1) is 11.8 Å². The summed E-state index contributed by atoms with van der Waals surface area (Å²) >= 11 is 1.96. The van der Waals surface area contributed by atoms with Crippen LogP contribution in [-0.4, -0.2) is 29.5 Å². The zero-order chi connectivity index (χ0) is 15.4. The van der Waals surface area contributed by atoms with Crippen molar-refractivity contribution in [2.75, 3.05) is 6.61 Å². The maximum absolute atomic E-state index is 11.2.